The summed E-state index contributed by atoms with van der Waals surface area (Å²) in [6.45, 7) is 0.377. The van der Waals surface area contributed by atoms with Crippen molar-refractivity contribution in [2.75, 3.05) is 12.4 Å². The number of benzene rings is 4. The summed E-state index contributed by atoms with van der Waals surface area (Å²) in [6, 6.07) is 36.1. The summed E-state index contributed by atoms with van der Waals surface area (Å²) < 4.78 is 5.29. The lowest BCUT2D eigenvalue weighted by atomic mass is 9.96. The van der Waals surface area contributed by atoms with Gasteiger partial charge in [-0.1, -0.05) is 78.9 Å². The van der Waals surface area contributed by atoms with Crippen LogP contribution in [0.1, 0.15) is 28.3 Å². The first-order valence-electron chi connectivity index (χ1n) is 11.0. The van der Waals surface area contributed by atoms with Crippen molar-refractivity contribution in [3.05, 3.63) is 131 Å². The van der Waals surface area contributed by atoms with E-state index in [1.165, 1.54) is 0 Å². The highest BCUT2D eigenvalue weighted by molar-refractivity contribution is 5.90. The third-order valence-electron chi connectivity index (χ3n) is 5.56. The van der Waals surface area contributed by atoms with Crippen molar-refractivity contribution in [3.63, 3.8) is 0 Å². The predicted molar refractivity (Wildman–Crippen MR) is 133 cm³/mol. The van der Waals surface area contributed by atoms with Crippen molar-refractivity contribution in [1.82, 2.24) is 4.90 Å². The van der Waals surface area contributed by atoms with Gasteiger partial charge in [0, 0.05) is 12.2 Å². The van der Waals surface area contributed by atoms with Gasteiger partial charge in [0.25, 0.3) is 0 Å². The quantitative estimate of drug-likeness (QED) is 0.357. The van der Waals surface area contributed by atoms with E-state index in [9.17, 15) is 10.1 Å². The van der Waals surface area contributed by atoms with Crippen molar-refractivity contribution >= 4 is 11.7 Å². The average Bonchev–Trinajstić information content (AvgIpc) is 2.90. The summed E-state index contributed by atoms with van der Waals surface area (Å²) >= 11 is 0. The maximum absolute atomic E-state index is 13.7. The van der Waals surface area contributed by atoms with Crippen LogP contribution < -0.4 is 10.1 Å². The van der Waals surface area contributed by atoms with Gasteiger partial charge in [-0.15, -0.1) is 0 Å². The molecule has 4 aromatic carbocycles. The van der Waals surface area contributed by atoms with E-state index < -0.39 is 0 Å². The van der Waals surface area contributed by atoms with E-state index in [-0.39, 0.29) is 12.1 Å². The van der Waals surface area contributed by atoms with Crippen LogP contribution in [-0.4, -0.2) is 18.0 Å². The van der Waals surface area contributed by atoms with Crippen LogP contribution in [0.3, 0.4) is 0 Å². The summed E-state index contributed by atoms with van der Waals surface area (Å²) in [6.07, 6.45) is 0. The van der Waals surface area contributed by atoms with Crippen LogP contribution in [0.25, 0.3) is 0 Å². The fourth-order valence-corrected chi connectivity index (χ4v) is 3.89. The second-order valence-electron chi connectivity index (χ2n) is 7.82. The Balaban J connectivity index is 1.75. The number of amides is 2. The molecule has 4 aromatic rings. The molecule has 0 atom stereocenters. The molecule has 0 radical (unpaired) electrons. The highest BCUT2D eigenvalue weighted by Gasteiger charge is 2.27. The Morgan fingerprint density at radius 2 is 1.50 bits per heavy atom. The van der Waals surface area contributed by atoms with E-state index in [0.29, 0.717) is 17.8 Å². The summed E-state index contributed by atoms with van der Waals surface area (Å²) in [4.78, 5) is 15.5. The first-order valence-corrected chi connectivity index (χ1v) is 11.0. The van der Waals surface area contributed by atoms with E-state index in [0.717, 1.165) is 22.4 Å². The molecule has 0 bridgehead atoms. The molecule has 2 amide bonds. The number of rotatable bonds is 7. The second-order valence-corrected chi connectivity index (χ2v) is 7.82. The number of urea groups is 1. The number of hydrogen-bond donors (Lipinski definition) is 1. The van der Waals surface area contributed by atoms with Crippen molar-refractivity contribution in [3.8, 4) is 11.8 Å². The molecule has 0 saturated heterocycles. The first-order chi connectivity index (χ1) is 16.7. The van der Waals surface area contributed by atoms with Crippen molar-refractivity contribution in [2.45, 2.75) is 12.6 Å². The highest BCUT2D eigenvalue weighted by Crippen LogP contribution is 2.31. The van der Waals surface area contributed by atoms with Gasteiger partial charge in [-0.25, -0.2) is 4.79 Å². The molecule has 4 rings (SSSR count). The molecule has 5 heteroatoms. The molecule has 168 valence electrons. The molecule has 0 saturated carbocycles. The summed E-state index contributed by atoms with van der Waals surface area (Å²) in [5.41, 5.74) is 4.04. The molecule has 0 spiro atoms. The average molecular weight is 448 g/mol. The van der Waals surface area contributed by atoms with Gasteiger partial charge < -0.3 is 15.0 Å². The maximum Gasteiger partial charge on any atom is 0.322 e. The molecular formula is C29H25N3O2. The van der Waals surface area contributed by atoms with Gasteiger partial charge in [-0.3, -0.25) is 0 Å². The Hall–Kier alpha value is -4.56. The van der Waals surface area contributed by atoms with Crippen LogP contribution in [-0.2, 0) is 6.54 Å². The summed E-state index contributed by atoms with van der Waals surface area (Å²) in [5.74, 6) is 0.760. The Kier molecular flexibility index (Phi) is 7.22. The third-order valence-corrected chi connectivity index (χ3v) is 5.56. The van der Waals surface area contributed by atoms with Crippen LogP contribution >= 0.6 is 0 Å². The van der Waals surface area contributed by atoms with Crippen molar-refractivity contribution in [2.24, 2.45) is 0 Å². The zero-order chi connectivity index (χ0) is 23.8. The van der Waals surface area contributed by atoms with Crippen LogP contribution in [0.5, 0.6) is 5.75 Å². The lowest BCUT2D eigenvalue weighted by molar-refractivity contribution is 0.194. The minimum absolute atomic E-state index is 0.261. The number of anilines is 1. The van der Waals surface area contributed by atoms with Gasteiger partial charge in [0.1, 0.15) is 5.75 Å². The van der Waals surface area contributed by atoms with Gasteiger partial charge in [-0.2, -0.15) is 5.26 Å². The fraction of sp³-hybridized carbons (Fsp3) is 0.103. The largest absolute Gasteiger partial charge is 0.497 e. The van der Waals surface area contributed by atoms with Crippen molar-refractivity contribution < 1.29 is 9.53 Å². The Labute approximate surface area is 199 Å². The number of ether oxygens (including phenoxy) is 1. The smallest absolute Gasteiger partial charge is 0.322 e. The molecule has 0 unspecified atom stereocenters. The van der Waals surface area contributed by atoms with Crippen LogP contribution in [0, 0.1) is 11.3 Å². The van der Waals surface area contributed by atoms with E-state index in [1.807, 2.05) is 89.8 Å². The van der Waals surface area contributed by atoms with Crippen LogP contribution in [0.15, 0.2) is 109 Å². The number of carbonyl (C=O) groups is 1. The number of methoxy groups -OCH3 is 1. The molecule has 0 aliphatic rings. The van der Waals surface area contributed by atoms with Gasteiger partial charge in [0.05, 0.1) is 24.8 Å². The molecule has 1 N–H and O–H groups in total. The Morgan fingerprint density at radius 1 is 0.882 bits per heavy atom. The normalized spacial score (nSPS) is 10.4. The van der Waals surface area contributed by atoms with E-state index in [2.05, 4.69) is 11.4 Å². The van der Waals surface area contributed by atoms with Crippen molar-refractivity contribution in [1.29, 1.82) is 5.26 Å². The van der Waals surface area contributed by atoms with E-state index >= 15 is 0 Å². The van der Waals surface area contributed by atoms with Gasteiger partial charge in [0.15, 0.2) is 0 Å². The number of carbonyl (C=O) groups excluding carboxylic acids is 1. The summed E-state index contributed by atoms with van der Waals surface area (Å²) in [7, 11) is 1.63. The SMILES string of the molecule is COc1ccc(CN(C(=O)Nc2cccc(C#N)c2)C(c2ccccc2)c2ccccc2)cc1. The van der Waals surface area contributed by atoms with E-state index in [4.69, 9.17) is 4.74 Å². The van der Waals surface area contributed by atoms with Gasteiger partial charge in [-0.05, 0) is 47.0 Å². The monoisotopic (exact) mass is 447 g/mol. The Bertz CT molecular complexity index is 1230. The van der Waals surface area contributed by atoms with Gasteiger partial charge >= 0.3 is 6.03 Å². The number of nitriles is 1. The lowest BCUT2D eigenvalue weighted by Gasteiger charge is -2.33. The molecular weight excluding hydrogens is 422 g/mol. The third kappa shape index (κ3) is 5.43. The lowest BCUT2D eigenvalue weighted by Crippen LogP contribution is -2.38. The molecule has 34 heavy (non-hydrogen) atoms. The minimum atomic E-state index is -0.316. The standard InChI is InChI=1S/C29H25N3O2/c1-34-27-17-15-22(16-18-27)21-32(29(33)31-26-14-8-9-23(19-26)20-30)28(24-10-4-2-5-11-24)25-12-6-3-7-13-25/h2-19,28H,21H2,1H3,(H,31,33). The number of nitrogens with zero attached hydrogens (tertiary/aromatic N) is 2. The maximum atomic E-state index is 13.7. The first kappa shape index (κ1) is 22.6. The van der Waals surface area contributed by atoms with Gasteiger partial charge in [0.2, 0.25) is 0 Å². The summed E-state index contributed by atoms with van der Waals surface area (Å²) in [5, 5.41) is 12.2. The topological polar surface area (TPSA) is 65.4 Å². The van der Waals surface area contributed by atoms with Crippen LogP contribution in [0.2, 0.25) is 0 Å². The molecule has 0 aromatic heterocycles. The number of hydrogen-bond acceptors (Lipinski definition) is 3. The molecule has 0 heterocycles. The predicted octanol–water partition coefficient (Wildman–Crippen LogP) is 6.39. The molecule has 0 fully saturated rings. The highest BCUT2D eigenvalue weighted by atomic mass is 16.5. The minimum Gasteiger partial charge on any atom is -0.497 e. The second kappa shape index (κ2) is 10.8. The molecule has 0 aliphatic carbocycles. The zero-order valence-corrected chi connectivity index (χ0v) is 18.9. The zero-order valence-electron chi connectivity index (χ0n) is 18.9. The van der Waals surface area contributed by atoms with E-state index in [1.54, 1.807) is 31.4 Å². The fourth-order valence-electron chi connectivity index (χ4n) is 3.89. The molecule has 0 aliphatic heterocycles. The Morgan fingerprint density at radius 3 is 2.06 bits per heavy atom. The number of nitrogens with one attached hydrogen (secondary N) is 1. The molecule has 5 nitrogen and oxygen atoms in total. The van der Waals surface area contributed by atoms with Crippen LogP contribution in [0.4, 0.5) is 10.5 Å².